The Labute approximate surface area is 230 Å². The summed E-state index contributed by atoms with van der Waals surface area (Å²) in [5, 5.41) is 11.0. The molecule has 6 aliphatic rings. The third kappa shape index (κ3) is 5.60. The highest BCUT2D eigenvalue weighted by molar-refractivity contribution is 8.00. The van der Waals surface area contributed by atoms with E-state index in [-0.39, 0.29) is 23.3 Å². The van der Waals surface area contributed by atoms with Gasteiger partial charge in [-0.1, -0.05) is 25.7 Å². The second kappa shape index (κ2) is 11.4. The van der Waals surface area contributed by atoms with E-state index in [0.29, 0.717) is 54.8 Å². The van der Waals surface area contributed by atoms with Crippen molar-refractivity contribution in [3.05, 3.63) is 5.76 Å². The van der Waals surface area contributed by atoms with Crippen molar-refractivity contribution in [2.24, 2.45) is 34.8 Å². The molecule has 6 saturated carbocycles. The van der Waals surface area contributed by atoms with Gasteiger partial charge in [0.15, 0.2) is 0 Å². The molecule has 210 valence electrons. The highest BCUT2D eigenvalue weighted by Crippen LogP contribution is 2.54. The van der Waals surface area contributed by atoms with Crippen LogP contribution in [0.3, 0.4) is 0 Å². The molecule has 1 aromatic heterocycles. The minimum absolute atomic E-state index is 0.0199. The van der Waals surface area contributed by atoms with E-state index in [0.717, 1.165) is 48.8 Å². The first kappa shape index (κ1) is 26.5. The Hall–Kier alpha value is -1.74. The van der Waals surface area contributed by atoms with Gasteiger partial charge in [-0.3, -0.25) is 9.59 Å². The van der Waals surface area contributed by atoms with Gasteiger partial charge < -0.3 is 25.6 Å². The molecule has 9 heteroatoms. The molecule has 38 heavy (non-hydrogen) atoms. The van der Waals surface area contributed by atoms with E-state index in [2.05, 4.69) is 15.8 Å². The van der Waals surface area contributed by atoms with Gasteiger partial charge in [-0.05, 0) is 86.6 Å². The van der Waals surface area contributed by atoms with Gasteiger partial charge >= 0.3 is 0 Å². The molecule has 0 atom stereocenters. The maximum Gasteiger partial charge on any atom is 0.291 e. The normalized spacial score (nSPS) is 31.6. The van der Waals surface area contributed by atoms with Crippen molar-refractivity contribution in [1.29, 1.82) is 0 Å². The molecule has 8 nitrogen and oxygen atoms in total. The molecule has 4 bridgehead atoms. The van der Waals surface area contributed by atoms with Crippen LogP contribution < -0.4 is 21.1 Å². The van der Waals surface area contributed by atoms with Gasteiger partial charge in [-0.25, -0.2) is 0 Å². The van der Waals surface area contributed by atoms with Crippen LogP contribution in [0.1, 0.15) is 100 Å². The Morgan fingerprint density at radius 1 is 1.03 bits per heavy atom. The number of carbonyl (C=O) groups is 2. The fraction of sp³-hybridized carbons (Fsp3) is 0.828. The molecule has 2 amide bonds. The summed E-state index contributed by atoms with van der Waals surface area (Å²) in [6, 6.07) is 0.252. The number of carbonyl (C=O) groups excluding carboxylic acids is 2. The van der Waals surface area contributed by atoms with Crippen LogP contribution in [0.2, 0.25) is 0 Å². The number of nitrogens with one attached hydrogen (secondary N) is 2. The zero-order valence-corrected chi connectivity index (χ0v) is 23.4. The maximum absolute atomic E-state index is 13.7. The Morgan fingerprint density at radius 2 is 1.74 bits per heavy atom. The van der Waals surface area contributed by atoms with Crippen molar-refractivity contribution in [2.75, 3.05) is 19.7 Å². The van der Waals surface area contributed by atoms with Gasteiger partial charge in [0.2, 0.25) is 11.7 Å². The van der Waals surface area contributed by atoms with Crippen molar-refractivity contribution in [1.82, 2.24) is 15.8 Å². The number of hydrogen-bond acceptors (Lipinski definition) is 7. The Kier molecular flexibility index (Phi) is 7.94. The SMILES string of the molecule is NCCNC(=O)CC1(COc2noc(C(=O)NC3C4CC5CC(C4)CC3C5)c2SC2CCCCC2)CCC1. The zero-order valence-electron chi connectivity index (χ0n) is 22.6. The number of thioether (sulfide) groups is 1. The van der Waals surface area contributed by atoms with Gasteiger partial charge in [0.1, 0.15) is 4.90 Å². The van der Waals surface area contributed by atoms with Gasteiger partial charge in [0.25, 0.3) is 11.8 Å². The zero-order chi connectivity index (χ0) is 26.1. The summed E-state index contributed by atoms with van der Waals surface area (Å²) in [7, 11) is 0. The van der Waals surface area contributed by atoms with Crippen LogP contribution in [-0.2, 0) is 4.79 Å². The van der Waals surface area contributed by atoms with E-state index in [1.807, 2.05) is 0 Å². The predicted octanol–water partition coefficient (Wildman–Crippen LogP) is 4.67. The molecule has 0 unspecified atom stereocenters. The first-order valence-electron chi connectivity index (χ1n) is 15.1. The molecule has 0 spiro atoms. The number of aromatic nitrogens is 1. The summed E-state index contributed by atoms with van der Waals surface area (Å²) in [4.78, 5) is 26.8. The highest BCUT2D eigenvalue weighted by atomic mass is 32.2. The van der Waals surface area contributed by atoms with Gasteiger partial charge in [-0.2, -0.15) is 0 Å². The molecule has 4 N–H and O–H groups in total. The van der Waals surface area contributed by atoms with E-state index in [1.54, 1.807) is 11.8 Å². The van der Waals surface area contributed by atoms with Crippen LogP contribution in [0.15, 0.2) is 9.42 Å². The van der Waals surface area contributed by atoms with E-state index in [9.17, 15) is 9.59 Å². The molecular weight excluding hydrogens is 500 g/mol. The number of rotatable bonds is 11. The summed E-state index contributed by atoms with van der Waals surface area (Å²) in [6.07, 6.45) is 15.8. The molecule has 6 fully saturated rings. The second-order valence-corrected chi connectivity index (χ2v) is 14.2. The molecule has 0 saturated heterocycles. The predicted molar refractivity (Wildman–Crippen MR) is 146 cm³/mol. The molecule has 7 rings (SSSR count). The average Bonchev–Trinajstić information content (AvgIpc) is 3.29. The third-order valence-electron chi connectivity index (χ3n) is 10.1. The van der Waals surface area contributed by atoms with E-state index >= 15 is 0 Å². The average molecular weight is 545 g/mol. The van der Waals surface area contributed by atoms with Crippen LogP contribution >= 0.6 is 11.8 Å². The maximum atomic E-state index is 13.7. The number of ether oxygens (including phenoxy) is 1. The van der Waals surface area contributed by atoms with E-state index in [1.165, 1.54) is 51.4 Å². The topological polar surface area (TPSA) is 119 Å². The standard InChI is InChI=1S/C29H44N4O4S/c30-9-10-31-23(34)16-29(7-4-8-29)17-36-28-26(38-22-5-2-1-3-6-22)25(37-33-28)27(35)32-24-20-12-18-11-19(14-20)15-21(24)13-18/h18-22,24H,1-17,30H2,(H,31,34)(H,32,35). The fourth-order valence-corrected chi connectivity index (χ4v) is 9.56. The summed E-state index contributed by atoms with van der Waals surface area (Å²) >= 11 is 1.71. The number of nitrogens with two attached hydrogens (primary N) is 1. The molecule has 0 aliphatic heterocycles. The molecule has 0 radical (unpaired) electrons. The Balaban J connectivity index is 1.16. The Bertz CT molecular complexity index is 975. The first-order valence-corrected chi connectivity index (χ1v) is 16.0. The number of hydrogen-bond donors (Lipinski definition) is 3. The van der Waals surface area contributed by atoms with Gasteiger partial charge in [0.05, 0.1) is 6.61 Å². The number of amides is 2. The molecule has 1 heterocycles. The van der Waals surface area contributed by atoms with Crippen LogP contribution in [0, 0.1) is 29.1 Å². The third-order valence-corrected chi connectivity index (χ3v) is 11.5. The summed E-state index contributed by atoms with van der Waals surface area (Å²) in [5.41, 5.74) is 5.35. The van der Waals surface area contributed by atoms with Crippen molar-refractivity contribution in [2.45, 2.75) is 106 Å². The smallest absolute Gasteiger partial charge is 0.291 e. The van der Waals surface area contributed by atoms with Crippen molar-refractivity contribution < 1.29 is 18.8 Å². The molecule has 1 aromatic rings. The summed E-state index contributed by atoms with van der Waals surface area (Å²) in [5.74, 6) is 3.56. The van der Waals surface area contributed by atoms with Crippen molar-refractivity contribution in [3.8, 4) is 5.88 Å². The lowest BCUT2D eigenvalue weighted by Crippen LogP contribution is -2.55. The molecule has 6 aliphatic carbocycles. The van der Waals surface area contributed by atoms with Crippen molar-refractivity contribution in [3.63, 3.8) is 0 Å². The first-order chi connectivity index (χ1) is 18.5. The fourth-order valence-electron chi connectivity index (χ4n) is 8.22. The van der Waals surface area contributed by atoms with Crippen LogP contribution in [-0.4, -0.2) is 48.0 Å². The minimum Gasteiger partial charge on any atom is -0.474 e. The monoisotopic (exact) mass is 544 g/mol. The van der Waals surface area contributed by atoms with Crippen molar-refractivity contribution >= 4 is 23.6 Å². The summed E-state index contributed by atoms with van der Waals surface area (Å²) < 4.78 is 12.0. The lowest BCUT2D eigenvalue weighted by Gasteiger charge is -2.54. The van der Waals surface area contributed by atoms with E-state index < -0.39 is 0 Å². The Morgan fingerprint density at radius 3 is 2.37 bits per heavy atom. The van der Waals surface area contributed by atoms with Crippen LogP contribution in [0.5, 0.6) is 5.88 Å². The summed E-state index contributed by atoms with van der Waals surface area (Å²) in [6.45, 7) is 1.33. The molecular formula is C29H44N4O4S. The largest absolute Gasteiger partial charge is 0.474 e. The van der Waals surface area contributed by atoms with Crippen LogP contribution in [0.4, 0.5) is 0 Å². The lowest BCUT2D eigenvalue weighted by atomic mass is 9.54. The van der Waals surface area contributed by atoms with Gasteiger partial charge in [-0.15, -0.1) is 11.8 Å². The molecule has 0 aromatic carbocycles. The highest BCUT2D eigenvalue weighted by Gasteiger charge is 2.49. The second-order valence-electron chi connectivity index (χ2n) is 12.9. The van der Waals surface area contributed by atoms with E-state index in [4.69, 9.17) is 15.0 Å². The van der Waals surface area contributed by atoms with Crippen LogP contribution in [0.25, 0.3) is 0 Å². The lowest BCUT2D eigenvalue weighted by molar-refractivity contribution is -0.125. The number of nitrogens with zero attached hydrogens (tertiary/aromatic N) is 1. The minimum atomic E-state index is -0.187. The quantitative estimate of drug-likeness (QED) is 0.370. The van der Waals surface area contributed by atoms with Gasteiger partial charge in [0, 0.05) is 36.2 Å².